The molecule has 2 fully saturated rings. The van der Waals surface area contributed by atoms with Crippen molar-refractivity contribution in [2.45, 2.75) is 25.6 Å². The van der Waals surface area contributed by atoms with Crippen molar-refractivity contribution < 1.29 is 19.1 Å². The van der Waals surface area contributed by atoms with Gasteiger partial charge in [0.15, 0.2) is 0 Å². The van der Waals surface area contributed by atoms with Crippen molar-refractivity contribution >= 4 is 33.5 Å². The molecule has 0 saturated carbocycles. The van der Waals surface area contributed by atoms with E-state index in [-0.39, 0.29) is 23.9 Å². The first-order valence-corrected chi connectivity index (χ1v) is 9.32. The van der Waals surface area contributed by atoms with Gasteiger partial charge in [-0.3, -0.25) is 9.59 Å². The number of anilines is 1. The van der Waals surface area contributed by atoms with Gasteiger partial charge in [0.25, 0.3) is 0 Å². The van der Waals surface area contributed by atoms with Gasteiger partial charge in [-0.25, -0.2) is 0 Å². The number of carbonyl (C=O) groups is 2. The molecule has 4 rings (SSSR count). The lowest BCUT2D eigenvalue weighted by atomic mass is 9.77. The number of halogens is 1. The molecular weight excluding hydrogens is 386 g/mol. The second-order valence-electron chi connectivity index (χ2n) is 7.30. The summed E-state index contributed by atoms with van der Waals surface area (Å²) >= 11 is 3.50. The number of benzene rings is 1. The smallest absolute Gasteiger partial charge is 0.312 e. The van der Waals surface area contributed by atoms with E-state index >= 15 is 0 Å². The zero-order valence-corrected chi connectivity index (χ0v) is 15.7. The maximum atomic E-state index is 13.2. The van der Waals surface area contributed by atoms with E-state index in [0.29, 0.717) is 13.2 Å². The summed E-state index contributed by atoms with van der Waals surface area (Å²) in [5, 5.41) is 0. The molecule has 4 atom stereocenters. The minimum absolute atomic E-state index is 0.0785. The Morgan fingerprint density at radius 3 is 2.92 bits per heavy atom. The van der Waals surface area contributed by atoms with Crippen LogP contribution in [0.1, 0.15) is 13.8 Å². The SMILES string of the molecule is CC(C)COC(=O)[C@H]1[C@H]2C(=O)N(c3ccccc3Br)C[C@]23C=C[C@H]1O3. The predicted molar refractivity (Wildman–Crippen MR) is 96.0 cm³/mol. The first kappa shape index (κ1) is 16.8. The number of para-hydroxylation sites is 1. The molecule has 0 N–H and O–H groups in total. The van der Waals surface area contributed by atoms with E-state index < -0.39 is 17.4 Å². The third kappa shape index (κ3) is 2.54. The molecule has 2 bridgehead atoms. The quantitative estimate of drug-likeness (QED) is 0.570. The average molecular weight is 406 g/mol. The highest BCUT2D eigenvalue weighted by molar-refractivity contribution is 9.10. The number of hydrogen-bond donors (Lipinski definition) is 0. The number of hydrogen-bond acceptors (Lipinski definition) is 4. The van der Waals surface area contributed by atoms with Gasteiger partial charge >= 0.3 is 5.97 Å². The summed E-state index contributed by atoms with van der Waals surface area (Å²) in [5.41, 5.74) is 0.0736. The number of nitrogens with zero attached hydrogens (tertiary/aromatic N) is 1. The van der Waals surface area contributed by atoms with Gasteiger partial charge in [0.05, 0.1) is 30.9 Å². The lowest BCUT2D eigenvalue weighted by Gasteiger charge is -2.23. The Bertz CT molecular complexity index is 762. The fourth-order valence-electron chi connectivity index (χ4n) is 3.99. The zero-order valence-electron chi connectivity index (χ0n) is 14.1. The second kappa shape index (κ2) is 5.95. The molecule has 0 unspecified atom stereocenters. The summed E-state index contributed by atoms with van der Waals surface area (Å²) in [6.07, 6.45) is 3.48. The van der Waals surface area contributed by atoms with Crippen molar-refractivity contribution in [3.05, 3.63) is 40.9 Å². The lowest BCUT2D eigenvalue weighted by molar-refractivity contribution is -0.153. The van der Waals surface area contributed by atoms with Crippen molar-refractivity contribution in [2.24, 2.45) is 17.8 Å². The summed E-state index contributed by atoms with van der Waals surface area (Å²) in [6, 6.07) is 7.59. The van der Waals surface area contributed by atoms with Crippen molar-refractivity contribution in [1.29, 1.82) is 0 Å². The average Bonchev–Trinajstić information content (AvgIpc) is 3.21. The van der Waals surface area contributed by atoms with Crippen molar-refractivity contribution in [3.63, 3.8) is 0 Å². The molecule has 6 heteroatoms. The molecule has 0 aromatic heterocycles. The van der Waals surface area contributed by atoms with Crippen LogP contribution in [0.2, 0.25) is 0 Å². The van der Waals surface area contributed by atoms with E-state index in [1.807, 2.05) is 50.3 Å². The van der Waals surface area contributed by atoms with Crippen molar-refractivity contribution in [2.75, 3.05) is 18.1 Å². The molecule has 0 aliphatic carbocycles. The molecule has 0 radical (unpaired) electrons. The van der Waals surface area contributed by atoms with E-state index in [2.05, 4.69) is 15.9 Å². The summed E-state index contributed by atoms with van der Waals surface area (Å²) in [5.74, 6) is -1.25. The molecule has 1 aromatic rings. The number of carbonyl (C=O) groups excluding carboxylic acids is 2. The zero-order chi connectivity index (χ0) is 17.8. The third-order valence-corrected chi connectivity index (χ3v) is 5.75. The van der Waals surface area contributed by atoms with Gasteiger partial charge in [-0.15, -0.1) is 0 Å². The summed E-state index contributed by atoms with van der Waals surface area (Å²) in [4.78, 5) is 27.5. The molecule has 1 aromatic carbocycles. The van der Waals surface area contributed by atoms with Crippen LogP contribution in [-0.2, 0) is 19.1 Å². The van der Waals surface area contributed by atoms with Crippen LogP contribution < -0.4 is 4.90 Å². The minimum atomic E-state index is -0.724. The predicted octanol–water partition coefficient (Wildman–Crippen LogP) is 2.93. The Kier molecular flexibility index (Phi) is 4.00. The minimum Gasteiger partial charge on any atom is -0.465 e. The van der Waals surface area contributed by atoms with Crippen LogP contribution in [0.3, 0.4) is 0 Å². The molecule has 132 valence electrons. The van der Waals surface area contributed by atoms with Crippen LogP contribution in [0, 0.1) is 17.8 Å². The van der Waals surface area contributed by atoms with Crippen molar-refractivity contribution in [3.8, 4) is 0 Å². The largest absolute Gasteiger partial charge is 0.465 e. The maximum Gasteiger partial charge on any atom is 0.312 e. The molecule has 3 aliphatic heterocycles. The second-order valence-corrected chi connectivity index (χ2v) is 8.15. The van der Waals surface area contributed by atoms with Crippen LogP contribution in [-0.4, -0.2) is 36.7 Å². The maximum absolute atomic E-state index is 13.2. The Morgan fingerprint density at radius 2 is 2.20 bits per heavy atom. The monoisotopic (exact) mass is 405 g/mol. The van der Waals surface area contributed by atoms with E-state index in [1.165, 1.54) is 0 Å². The Labute approximate surface area is 155 Å². The summed E-state index contributed by atoms with van der Waals surface area (Å²) in [7, 11) is 0. The fourth-order valence-corrected chi connectivity index (χ4v) is 4.49. The molecular formula is C19H20BrNO4. The van der Waals surface area contributed by atoms with E-state index in [1.54, 1.807) is 4.90 Å². The Morgan fingerprint density at radius 1 is 1.44 bits per heavy atom. The highest BCUT2D eigenvalue weighted by Gasteiger charge is 2.67. The van der Waals surface area contributed by atoms with Crippen LogP contribution >= 0.6 is 15.9 Å². The normalized spacial score (nSPS) is 32.6. The van der Waals surface area contributed by atoms with Crippen LogP contribution in [0.5, 0.6) is 0 Å². The fraction of sp³-hybridized carbons (Fsp3) is 0.474. The van der Waals surface area contributed by atoms with Crippen LogP contribution in [0.4, 0.5) is 5.69 Å². The topological polar surface area (TPSA) is 55.8 Å². The summed E-state index contributed by atoms with van der Waals surface area (Å²) in [6.45, 7) is 4.75. The first-order valence-electron chi connectivity index (χ1n) is 8.53. The lowest BCUT2D eigenvalue weighted by Crippen LogP contribution is -2.40. The molecule has 1 spiro atoms. The van der Waals surface area contributed by atoms with Crippen LogP contribution in [0.25, 0.3) is 0 Å². The van der Waals surface area contributed by atoms with E-state index in [9.17, 15) is 9.59 Å². The number of rotatable bonds is 4. The summed E-state index contributed by atoms with van der Waals surface area (Å²) < 4.78 is 12.4. The highest BCUT2D eigenvalue weighted by atomic mass is 79.9. The van der Waals surface area contributed by atoms with E-state index in [4.69, 9.17) is 9.47 Å². The molecule has 2 saturated heterocycles. The molecule has 1 amide bonds. The number of amides is 1. The van der Waals surface area contributed by atoms with Gasteiger partial charge in [0.2, 0.25) is 5.91 Å². The highest BCUT2D eigenvalue weighted by Crippen LogP contribution is 2.53. The molecule has 5 nitrogen and oxygen atoms in total. The van der Waals surface area contributed by atoms with Crippen molar-refractivity contribution in [1.82, 2.24) is 0 Å². The number of esters is 1. The first-order chi connectivity index (χ1) is 11.9. The standard InChI is InChI=1S/C19H20BrNO4/c1-11(2)9-24-18(23)15-14-7-8-19(25-14)10-21(17(22)16(15)19)13-6-4-3-5-12(13)20/h3-8,11,14-16H,9-10H2,1-2H3/t14-,15-,16+,19-/m1/s1. The molecule has 25 heavy (non-hydrogen) atoms. The number of fused-ring (bicyclic) bond motifs is 1. The van der Waals surface area contributed by atoms with Gasteiger partial charge in [-0.05, 0) is 34.0 Å². The van der Waals surface area contributed by atoms with Gasteiger partial charge in [-0.2, -0.15) is 0 Å². The van der Waals surface area contributed by atoms with Gasteiger partial charge in [-0.1, -0.05) is 38.1 Å². The van der Waals surface area contributed by atoms with Crippen LogP contribution in [0.15, 0.2) is 40.9 Å². The third-order valence-electron chi connectivity index (χ3n) is 5.07. The van der Waals surface area contributed by atoms with Gasteiger partial charge in [0.1, 0.15) is 11.5 Å². The number of ether oxygens (including phenoxy) is 2. The molecule has 3 heterocycles. The van der Waals surface area contributed by atoms with Gasteiger partial charge < -0.3 is 14.4 Å². The Hall–Kier alpha value is -1.66. The Balaban J connectivity index is 1.64. The van der Waals surface area contributed by atoms with E-state index in [0.717, 1.165) is 10.2 Å². The molecule has 3 aliphatic rings. The van der Waals surface area contributed by atoms with Gasteiger partial charge in [0, 0.05) is 4.47 Å².